The first-order valence-electron chi connectivity index (χ1n) is 14.1. The lowest BCUT2D eigenvalue weighted by Gasteiger charge is -2.41. The topological polar surface area (TPSA) is 169 Å². The molecular formula is C30H33F3N2O10. The molecule has 45 heavy (non-hydrogen) atoms. The van der Waals surface area contributed by atoms with Crippen LogP contribution >= 0.6 is 0 Å². The van der Waals surface area contributed by atoms with Crippen molar-refractivity contribution in [2.45, 2.75) is 81.9 Å². The molecular weight excluding hydrogens is 605 g/mol. The molecule has 2 aromatic carbocycles. The number of aliphatic hydroxyl groups is 4. The number of hydrogen-bond donors (Lipinski definition) is 5. The van der Waals surface area contributed by atoms with E-state index < -0.39 is 78.4 Å². The quantitative estimate of drug-likeness (QED) is 0.153. The summed E-state index contributed by atoms with van der Waals surface area (Å²) in [6, 6.07) is 5.98. The Morgan fingerprint density at radius 3 is 2.42 bits per heavy atom. The molecule has 0 unspecified atom stereocenters. The predicted octanol–water partition coefficient (Wildman–Crippen LogP) is 1.28. The summed E-state index contributed by atoms with van der Waals surface area (Å²) in [7, 11) is 0. The van der Waals surface area contributed by atoms with Gasteiger partial charge in [0.2, 0.25) is 12.2 Å². The number of oxime groups is 1. The lowest BCUT2D eigenvalue weighted by Crippen LogP contribution is -2.67. The van der Waals surface area contributed by atoms with E-state index in [2.05, 4.69) is 10.5 Å². The van der Waals surface area contributed by atoms with Crippen molar-refractivity contribution in [3.8, 4) is 5.75 Å². The van der Waals surface area contributed by atoms with E-state index in [-0.39, 0.29) is 36.9 Å². The lowest BCUT2D eigenvalue weighted by molar-refractivity contribution is -0.155. The van der Waals surface area contributed by atoms with Crippen LogP contribution in [-0.2, 0) is 30.4 Å². The van der Waals surface area contributed by atoms with Gasteiger partial charge in [0.25, 0.3) is 0 Å². The maximum absolute atomic E-state index is 14.9. The molecule has 2 heterocycles. The first-order valence-corrected chi connectivity index (χ1v) is 14.1. The third-order valence-corrected chi connectivity index (χ3v) is 7.77. The van der Waals surface area contributed by atoms with Gasteiger partial charge in [0.1, 0.15) is 50.0 Å². The van der Waals surface area contributed by atoms with Crippen LogP contribution in [0.5, 0.6) is 5.75 Å². The van der Waals surface area contributed by atoms with Gasteiger partial charge >= 0.3 is 0 Å². The van der Waals surface area contributed by atoms with Gasteiger partial charge in [0.05, 0.1) is 17.9 Å². The van der Waals surface area contributed by atoms with Gasteiger partial charge in [0, 0.05) is 12.0 Å². The van der Waals surface area contributed by atoms with Crippen molar-refractivity contribution < 1.29 is 62.2 Å². The van der Waals surface area contributed by atoms with Crippen LogP contribution in [0.2, 0.25) is 0 Å². The Morgan fingerprint density at radius 2 is 1.71 bits per heavy atom. The van der Waals surface area contributed by atoms with E-state index in [4.69, 9.17) is 23.8 Å². The number of nitrogens with zero attached hydrogens (tertiary/aromatic N) is 1. The number of hydrogen-bond acceptors (Lipinski definition) is 11. The van der Waals surface area contributed by atoms with Crippen LogP contribution in [0.15, 0.2) is 47.1 Å². The Kier molecular flexibility index (Phi) is 10.1. The Hall–Kier alpha value is -3.57. The summed E-state index contributed by atoms with van der Waals surface area (Å²) in [5.41, 5.74) is 1.02. The SMILES string of the molecule is CC(=Cc1ccc(O[C@H]2C[C@H](O)[C@@H](C(C)=NOCc3ccc(F)c(F)c3)O2)c(F)c1)C(=O)N[C@@H]1[C@H](O)[C@@H](O)[C@H]2OCO[C@H]2[C@@H]1O. The van der Waals surface area contributed by atoms with Crippen molar-refractivity contribution >= 4 is 17.7 Å². The van der Waals surface area contributed by atoms with Gasteiger partial charge < -0.3 is 49.5 Å². The average Bonchev–Trinajstić information content (AvgIpc) is 3.64. The zero-order valence-electron chi connectivity index (χ0n) is 24.2. The van der Waals surface area contributed by atoms with Gasteiger partial charge in [-0.2, -0.15) is 0 Å². The van der Waals surface area contributed by atoms with Crippen molar-refractivity contribution in [2.24, 2.45) is 5.16 Å². The number of nitrogens with one attached hydrogen (secondary N) is 1. The number of amides is 1. The van der Waals surface area contributed by atoms with Gasteiger partial charge in [-0.3, -0.25) is 4.79 Å². The van der Waals surface area contributed by atoms with Crippen molar-refractivity contribution in [1.82, 2.24) is 5.32 Å². The summed E-state index contributed by atoms with van der Waals surface area (Å²) in [5, 5.41) is 48.1. The monoisotopic (exact) mass is 638 g/mol. The van der Waals surface area contributed by atoms with Gasteiger partial charge in [-0.25, -0.2) is 13.2 Å². The molecule has 3 aliphatic rings. The van der Waals surface area contributed by atoms with Crippen molar-refractivity contribution in [1.29, 1.82) is 0 Å². The molecule has 9 atom stereocenters. The second-order valence-corrected chi connectivity index (χ2v) is 11.0. The van der Waals surface area contributed by atoms with E-state index in [1.165, 1.54) is 38.1 Å². The molecule has 0 bridgehead atoms. The number of aliphatic hydroxyl groups excluding tert-OH is 4. The Balaban J connectivity index is 1.15. The Bertz CT molecular complexity index is 1460. The van der Waals surface area contributed by atoms with Crippen molar-refractivity contribution in [2.75, 3.05) is 6.79 Å². The molecule has 1 aliphatic carbocycles. The minimum atomic E-state index is -1.51. The Morgan fingerprint density at radius 1 is 0.978 bits per heavy atom. The fourth-order valence-corrected chi connectivity index (χ4v) is 5.35. The molecule has 2 aromatic rings. The van der Waals surface area contributed by atoms with E-state index in [1.54, 1.807) is 0 Å². The summed E-state index contributed by atoms with van der Waals surface area (Å²) in [4.78, 5) is 18.0. The fraction of sp³-hybridized carbons (Fsp3) is 0.467. The minimum Gasteiger partial charge on any atom is -0.462 e. The first-order chi connectivity index (χ1) is 21.4. The molecule has 2 saturated heterocycles. The smallest absolute Gasteiger partial charge is 0.247 e. The highest BCUT2D eigenvalue weighted by atomic mass is 19.2. The van der Waals surface area contributed by atoms with E-state index in [1.807, 2.05) is 0 Å². The maximum Gasteiger partial charge on any atom is 0.247 e. The summed E-state index contributed by atoms with van der Waals surface area (Å²) in [6.45, 7) is 2.67. The highest BCUT2D eigenvalue weighted by Crippen LogP contribution is 2.31. The highest BCUT2D eigenvalue weighted by molar-refractivity contribution is 5.97. The highest BCUT2D eigenvalue weighted by Gasteiger charge is 2.53. The molecule has 2 aliphatic heterocycles. The summed E-state index contributed by atoms with van der Waals surface area (Å²) in [6.07, 6.45) is -7.71. The predicted molar refractivity (Wildman–Crippen MR) is 149 cm³/mol. The zero-order chi connectivity index (χ0) is 32.4. The van der Waals surface area contributed by atoms with Gasteiger partial charge in [0.15, 0.2) is 23.2 Å². The third kappa shape index (κ3) is 7.30. The van der Waals surface area contributed by atoms with Crippen molar-refractivity contribution in [3.05, 3.63) is 70.5 Å². The maximum atomic E-state index is 14.9. The molecule has 1 saturated carbocycles. The van der Waals surface area contributed by atoms with E-state index >= 15 is 0 Å². The largest absolute Gasteiger partial charge is 0.462 e. The van der Waals surface area contributed by atoms with Gasteiger partial charge in [-0.05, 0) is 55.3 Å². The van der Waals surface area contributed by atoms with Crippen LogP contribution in [0.4, 0.5) is 13.2 Å². The molecule has 15 heteroatoms. The molecule has 244 valence electrons. The number of carbonyl (C=O) groups is 1. The van der Waals surface area contributed by atoms with Crippen LogP contribution in [0.3, 0.4) is 0 Å². The van der Waals surface area contributed by atoms with Crippen LogP contribution in [-0.4, -0.2) is 93.9 Å². The van der Waals surface area contributed by atoms with Crippen LogP contribution < -0.4 is 10.1 Å². The number of ether oxygens (including phenoxy) is 4. The number of benzene rings is 2. The molecule has 0 spiro atoms. The minimum absolute atomic E-state index is 0.00654. The molecule has 5 N–H and O–H groups in total. The normalized spacial score (nSPS) is 31.9. The molecule has 12 nitrogen and oxygen atoms in total. The number of halogens is 3. The number of rotatable bonds is 9. The van der Waals surface area contributed by atoms with Crippen LogP contribution in [0.25, 0.3) is 6.08 Å². The molecule has 3 fully saturated rings. The van der Waals surface area contributed by atoms with Crippen LogP contribution in [0, 0.1) is 17.5 Å². The van der Waals surface area contributed by atoms with E-state index in [9.17, 15) is 38.4 Å². The molecule has 5 rings (SSSR count). The first kappa shape index (κ1) is 32.8. The van der Waals surface area contributed by atoms with E-state index in [0.29, 0.717) is 11.1 Å². The van der Waals surface area contributed by atoms with Crippen molar-refractivity contribution in [3.63, 3.8) is 0 Å². The molecule has 0 aromatic heterocycles. The lowest BCUT2D eigenvalue weighted by atomic mass is 9.83. The fourth-order valence-electron chi connectivity index (χ4n) is 5.35. The number of carbonyl (C=O) groups excluding carboxylic acids is 1. The second kappa shape index (κ2) is 13.8. The average molecular weight is 639 g/mol. The summed E-state index contributed by atoms with van der Waals surface area (Å²) >= 11 is 0. The second-order valence-electron chi connectivity index (χ2n) is 11.0. The van der Waals surface area contributed by atoms with Crippen LogP contribution in [0.1, 0.15) is 31.4 Å². The van der Waals surface area contributed by atoms with Gasteiger partial charge in [-0.1, -0.05) is 17.3 Å². The molecule has 0 radical (unpaired) electrons. The standard InChI is InChI=1S/C30H33F3N2O10/c1-13(30(40)34-23-24(37)26(39)29-28(25(23)38)41-12-42-29)7-15-4-6-21(19(33)8-15)44-22-10-20(36)27(45-22)14(2)35-43-11-16-3-5-17(31)18(32)9-16/h3-9,20,22-29,36-39H,10-12H2,1-2H3,(H,34,40)/t20-,22+,23+,24-,25+,26+,27+,28-,29+/m0/s1. The number of fused-ring (bicyclic) bond motifs is 1. The molecule has 1 amide bonds. The summed E-state index contributed by atoms with van der Waals surface area (Å²) < 4.78 is 63.1. The third-order valence-electron chi connectivity index (χ3n) is 7.77. The van der Waals surface area contributed by atoms with E-state index in [0.717, 1.165) is 18.2 Å². The summed E-state index contributed by atoms with van der Waals surface area (Å²) in [5.74, 6) is -3.62. The van der Waals surface area contributed by atoms with Gasteiger partial charge in [-0.15, -0.1) is 0 Å². The zero-order valence-corrected chi connectivity index (χ0v) is 24.2. The Labute approximate surface area is 255 Å².